The number of furan rings is 1. The Hall–Kier alpha value is -2.56. The molecule has 0 spiro atoms. The second-order valence-corrected chi connectivity index (χ2v) is 5.79. The zero-order valence-electron chi connectivity index (χ0n) is 14.4. The van der Waals surface area contributed by atoms with E-state index in [2.05, 4.69) is 24.4 Å². The van der Waals surface area contributed by atoms with Crippen molar-refractivity contribution in [2.45, 2.75) is 39.5 Å². The molecule has 0 aliphatic heterocycles. The Morgan fingerprint density at radius 1 is 1.29 bits per heavy atom. The van der Waals surface area contributed by atoms with Crippen LogP contribution in [0.25, 0.3) is 0 Å². The second-order valence-electron chi connectivity index (χ2n) is 5.79. The number of hydrogen-bond donors (Lipinski definition) is 1. The number of amides is 1. The lowest BCUT2D eigenvalue weighted by Crippen LogP contribution is -2.24. The van der Waals surface area contributed by atoms with Crippen LogP contribution >= 0.6 is 0 Å². The average Bonchev–Trinajstić information content (AvgIpc) is 2.99. The number of carbonyl (C=O) groups excluding carboxylic acids is 1. The first-order chi connectivity index (χ1) is 11.6. The maximum absolute atomic E-state index is 11.7. The van der Waals surface area contributed by atoms with E-state index in [1.54, 1.807) is 6.07 Å². The van der Waals surface area contributed by atoms with E-state index in [0.717, 1.165) is 18.6 Å². The topological polar surface area (TPSA) is 63.8 Å². The number of hydrazone groups is 1. The Bertz CT molecular complexity index is 674. The van der Waals surface area contributed by atoms with Gasteiger partial charge in [-0.05, 0) is 49.1 Å². The third-order valence-corrected chi connectivity index (χ3v) is 3.68. The largest absolute Gasteiger partial charge is 0.484 e. The van der Waals surface area contributed by atoms with Gasteiger partial charge < -0.3 is 9.15 Å². The molecule has 0 aliphatic rings. The molecule has 5 nitrogen and oxygen atoms in total. The van der Waals surface area contributed by atoms with Crippen LogP contribution in [0.4, 0.5) is 0 Å². The van der Waals surface area contributed by atoms with Gasteiger partial charge in [-0.1, -0.05) is 32.4 Å². The van der Waals surface area contributed by atoms with Crippen molar-refractivity contribution in [3.63, 3.8) is 0 Å². The van der Waals surface area contributed by atoms with Gasteiger partial charge in [-0.2, -0.15) is 5.10 Å². The Morgan fingerprint density at radius 2 is 2.04 bits per heavy atom. The van der Waals surface area contributed by atoms with Crippen LogP contribution in [-0.4, -0.2) is 18.7 Å². The number of aryl methyl sites for hydroxylation is 1. The summed E-state index contributed by atoms with van der Waals surface area (Å²) < 4.78 is 10.8. The molecule has 0 saturated carbocycles. The molecule has 0 aliphatic carbocycles. The molecule has 0 unspecified atom stereocenters. The summed E-state index contributed by atoms with van der Waals surface area (Å²) in [6, 6.07) is 11.5. The summed E-state index contributed by atoms with van der Waals surface area (Å²) in [6.07, 6.45) is 3.78. The summed E-state index contributed by atoms with van der Waals surface area (Å²) in [6.45, 7) is 6.16. The van der Waals surface area contributed by atoms with Crippen molar-refractivity contribution in [1.82, 2.24) is 5.43 Å². The number of ether oxygens (including phenoxy) is 1. The van der Waals surface area contributed by atoms with Gasteiger partial charge in [0, 0.05) is 0 Å². The van der Waals surface area contributed by atoms with Gasteiger partial charge in [0.2, 0.25) is 0 Å². The van der Waals surface area contributed by atoms with E-state index < -0.39 is 0 Å². The average molecular weight is 328 g/mol. The molecule has 128 valence electrons. The molecule has 0 saturated heterocycles. The van der Waals surface area contributed by atoms with E-state index in [-0.39, 0.29) is 12.5 Å². The quantitative estimate of drug-likeness (QED) is 0.588. The van der Waals surface area contributed by atoms with Crippen LogP contribution in [-0.2, 0) is 4.79 Å². The number of rotatable bonds is 8. The Balaban J connectivity index is 1.76. The lowest BCUT2D eigenvalue weighted by molar-refractivity contribution is -0.123. The smallest absolute Gasteiger partial charge is 0.277 e. The fourth-order valence-corrected chi connectivity index (χ4v) is 2.36. The van der Waals surface area contributed by atoms with Crippen LogP contribution in [0, 0.1) is 6.92 Å². The summed E-state index contributed by atoms with van der Waals surface area (Å²) in [5.41, 5.74) is 3.69. The van der Waals surface area contributed by atoms with Crippen molar-refractivity contribution < 1.29 is 13.9 Å². The van der Waals surface area contributed by atoms with Crippen molar-refractivity contribution in [1.29, 1.82) is 0 Å². The van der Waals surface area contributed by atoms with Gasteiger partial charge in [0.25, 0.3) is 5.91 Å². The Labute approximate surface area is 142 Å². The van der Waals surface area contributed by atoms with Crippen LogP contribution in [0.2, 0.25) is 0 Å². The van der Waals surface area contributed by atoms with E-state index in [9.17, 15) is 4.79 Å². The van der Waals surface area contributed by atoms with E-state index in [1.807, 2.05) is 37.3 Å². The first-order valence-electron chi connectivity index (χ1n) is 8.19. The van der Waals surface area contributed by atoms with Crippen molar-refractivity contribution in [3.05, 3.63) is 53.5 Å². The zero-order valence-corrected chi connectivity index (χ0v) is 14.4. The van der Waals surface area contributed by atoms with Crippen LogP contribution in [0.1, 0.15) is 49.7 Å². The third-order valence-electron chi connectivity index (χ3n) is 3.68. The summed E-state index contributed by atoms with van der Waals surface area (Å²) in [5.74, 6) is 2.27. The zero-order chi connectivity index (χ0) is 17.4. The number of benzene rings is 1. The maximum Gasteiger partial charge on any atom is 0.277 e. The molecule has 0 bridgehead atoms. The van der Waals surface area contributed by atoms with Crippen molar-refractivity contribution in [2.24, 2.45) is 5.10 Å². The van der Waals surface area contributed by atoms with Crippen molar-refractivity contribution in [2.75, 3.05) is 6.61 Å². The van der Waals surface area contributed by atoms with Crippen molar-refractivity contribution in [3.8, 4) is 5.75 Å². The molecule has 2 aromatic rings. The van der Waals surface area contributed by atoms with Gasteiger partial charge >= 0.3 is 0 Å². The summed E-state index contributed by atoms with van der Waals surface area (Å²) in [5, 5.41) is 3.83. The minimum Gasteiger partial charge on any atom is -0.484 e. The van der Waals surface area contributed by atoms with Gasteiger partial charge in [0.15, 0.2) is 6.61 Å². The normalized spacial score (nSPS) is 12.3. The van der Waals surface area contributed by atoms with E-state index >= 15 is 0 Å². The molecule has 1 aromatic carbocycles. The highest BCUT2D eigenvalue weighted by Crippen LogP contribution is 2.22. The van der Waals surface area contributed by atoms with Gasteiger partial charge in [-0.25, -0.2) is 5.43 Å². The lowest BCUT2D eigenvalue weighted by atomic mass is 9.97. The highest BCUT2D eigenvalue weighted by Gasteiger charge is 2.05. The van der Waals surface area contributed by atoms with Gasteiger partial charge in [-0.15, -0.1) is 0 Å². The molecule has 1 atom stereocenters. The summed E-state index contributed by atoms with van der Waals surface area (Å²) in [4.78, 5) is 11.7. The van der Waals surface area contributed by atoms with Gasteiger partial charge in [0.05, 0.1) is 6.21 Å². The predicted molar refractivity (Wildman–Crippen MR) is 94.4 cm³/mol. The predicted octanol–water partition coefficient (Wildman–Crippen LogP) is 4.02. The highest BCUT2D eigenvalue weighted by molar-refractivity contribution is 5.81. The molecule has 5 heteroatoms. The minimum absolute atomic E-state index is 0.0849. The fourth-order valence-electron chi connectivity index (χ4n) is 2.36. The fraction of sp³-hybridized carbons (Fsp3) is 0.368. The Kier molecular flexibility index (Phi) is 6.61. The third kappa shape index (κ3) is 5.57. The molecule has 1 heterocycles. The van der Waals surface area contributed by atoms with Crippen LogP contribution in [0.5, 0.6) is 5.75 Å². The Morgan fingerprint density at radius 3 is 2.67 bits per heavy atom. The molecule has 1 aromatic heterocycles. The SMILES string of the molecule is CCC[C@@H](C)c1ccc(OCC(=O)N/N=C\c2ccc(C)o2)cc1. The lowest BCUT2D eigenvalue weighted by Gasteiger charge is -2.11. The molecule has 0 fully saturated rings. The molecule has 2 rings (SSSR count). The monoisotopic (exact) mass is 328 g/mol. The number of nitrogens with one attached hydrogen (secondary N) is 1. The minimum atomic E-state index is -0.321. The standard InChI is InChI=1S/C19H24N2O3/c1-4-5-14(2)16-7-10-17(11-8-16)23-13-19(22)21-20-12-18-9-6-15(3)24-18/h6-12,14H,4-5,13H2,1-3H3,(H,21,22)/b20-12-/t14-/m1/s1. The maximum atomic E-state index is 11.7. The number of hydrogen-bond acceptors (Lipinski definition) is 4. The summed E-state index contributed by atoms with van der Waals surface area (Å²) in [7, 11) is 0. The van der Waals surface area contributed by atoms with E-state index in [4.69, 9.17) is 9.15 Å². The number of nitrogens with zero attached hydrogens (tertiary/aromatic N) is 1. The van der Waals surface area contributed by atoms with Crippen LogP contribution < -0.4 is 10.2 Å². The van der Waals surface area contributed by atoms with E-state index in [1.165, 1.54) is 11.8 Å². The molecule has 1 amide bonds. The van der Waals surface area contributed by atoms with Crippen LogP contribution in [0.15, 0.2) is 45.9 Å². The van der Waals surface area contributed by atoms with Gasteiger partial charge in [0.1, 0.15) is 17.3 Å². The van der Waals surface area contributed by atoms with Crippen molar-refractivity contribution >= 4 is 12.1 Å². The molecule has 24 heavy (non-hydrogen) atoms. The molecule has 1 N–H and O–H groups in total. The first kappa shape index (κ1) is 17.8. The highest BCUT2D eigenvalue weighted by atomic mass is 16.5. The molecular formula is C19H24N2O3. The summed E-state index contributed by atoms with van der Waals surface area (Å²) >= 11 is 0. The van der Waals surface area contributed by atoms with E-state index in [0.29, 0.717) is 17.4 Å². The first-order valence-corrected chi connectivity index (χ1v) is 8.19. The number of carbonyl (C=O) groups is 1. The second kappa shape index (κ2) is 8.91. The molecular weight excluding hydrogens is 304 g/mol. The van der Waals surface area contributed by atoms with Crippen LogP contribution in [0.3, 0.4) is 0 Å². The van der Waals surface area contributed by atoms with Gasteiger partial charge in [-0.3, -0.25) is 4.79 Å². The molecule has 0 radical (unpaired) electrons.